The summed E-state index contributed by atoms with van der Waals surface area (Å²) in [7, 11) is 0. The fourth-order valence-electron chi connectivity index (χ4n) is 2.67. The van der Waals surface area contributed by atoms with E-state index in [0.29, 0.717) is 24.9 Å². The molecule has 4 heteroatoms. The molecule has 0 aliphatic carbocycles. The summed E-state index contributed by atoms with van der Waals surface area (Å²) in [5.74, 6) is -1.17. The third-order valence-electron chi connectivity index (χ3n) is 3.63. The zero-order chi connectivity index (χ0) is 13.9. The van der Waals surface area contributed by atoms with Gasteiger partial charge < -0.3 is 10.0 Å². The second-order valence-corrected chi connectivity index (χ2v) is 4.76. The molecule has 4 nitrogen and oxygen atoms in total. The Kier molecular flexibility index (Phi) is 3.69. The predicted molar refractivity (Wildman–Crippen MR) is 71.9 cm³/mol. The van der Waals surface area contributed by atoms with Crippen molar-refractivity contribution in [2.45, 2.75) is 24.8 Å². The highest BCUT2D eigenvalue weighted by Gasteiger charge is 2.49. The van der Waals surface area contributed by atoms with E-state index in [1.807, 2.05) is 6.07 Å². The summed E-state index contributed by atoms with van der Waals surface area (Å²) in [4.78, 5) is 25.6. The number of hydrogen-bond donors (Lipinski definition) is 1. The van der Waals surface area contributed by atoms with Gasteiger partial charge in [-0.1, -0.05) is 24.3 Å². The van der Waals surface area contributed by atoms with Crippen LogP contribution in [0.4, 0.5) is 0 Å². The molecule has 1 amide bonds. The topological polar surface area (TPSA) is 57.6 Å². The summed E-state index contributed by atoms with van der Waals surface area (Å²) in [6.45, 7) is 4.10. The van der Waals surface area contributed by atoms with Gasteiger partial charge in [-0.25, -0.2) is 4.79 Å². The van der Waals surface area contributed by atoms with Crippen LogP contribution >= 0.6 is 0 Å². The Balaban J connectivity index is 2.34. The number of rotatable bonds is 4. The lowest BCUT2D eigenvalue weighted by molar-refractivity contribution is -0.148. The number of nitrogens with zero attached hydrogens (tertiary/aromatic N) is 1. The van der Waals surface area contributed by atoms with Gasteiger partial charge in [0, 0.05) is 12.1 Å². The molecule has 0 bridgehead atoms. The van der Waals surface area contributed by atoms with Gasteiger partial charge in [-0.3, -0.25) is 4.79 Å². The first-order valence-electron chi connectivity index (χ1n) is 6.33. The standard InChI is InChI=1S/C15H17NO3/c1-2-9-15(14(18)19)10-6-11-16(15)13(17)12-7-4-3-5-8-12/h2-5,7-8H,1,6,9-11H2,(H,18,19). The van der Waals surface area contributed by atoms with Crippen molar-refractivity contribution in [1.29, 1.82) is 0 Å². The van der Waals surface area contributed by atoms with Gasteiger partial charge in [-0.2, -0.15) is 0 Å². The average Bonchev–Trinajstić information content (AvgIpc) is 2.84. The van der Waals surface area contributed by atoms with Crippen LogP contribution in [-0.2, 0) is 4.79 Å². The van der Waals surface area contributed by atoms with Crippen LogP contribution < -0.4 is 0 Å². The number of carbonyl (C=O) groups is 2. The molecule has 1 fully saturated rings. The fourth-order valence-corrected chi connectivity index (χ4v) is 2.67. The number of benzene rings is 1. The highest BCUT2D eigenvalue weighted by atomic mass is 16.4. The maximum atomic E-state index is 12.5. The normalized spacial score (nSPS) is 22.2. The molecule has 1 aliphatic rings. The lowest BCUT2D eigenvalue weighted by atomic mass is 9.91. The highest BCUT2D eigenvalue weighted by molar-refractivity contribution is 5.98. The zero-order valence-electron chi connectivity index (χ0n) is 10.7. The summed E-state index contributed by atoms with van der Waals surface area (Å²) in [5.41, 5.74) is -0.603. The largest absolute Gasteiger partial charge is 0.479 e. The maximum Gasteiger partial charge on any atom is 0.329 e. The van der Waals surface area contributed by atoms with Crippen molar-refractivity contribution in [3.05, 3.63) is 48.6 Å². The molecule has 0 spiro atoms. The summed E-state index contributed by atoms with van der Waals surface area (Å²) in [6.07, 6.45) is 3.04. The van der Waals surface area contributed by atoms with E-state index in [4.69, 9.17) is 0 Å². The van der Waals surface area contributed by atoms with Crippen molar-refractivity contribution in [2.24, 2.45) is 0 Å². The molecule has 1 aromatic carbocycles. The SMILES string of the molecule is C=CCC1(C(=O)O)CCCN1C(=O)c1ccccc1. The van der Waals surface area contributed by atoms with Gasteiger partial charge in [0.15, 0.2) is 0 Å². The average molecular weight is 259 g/mol. The Hall–Kier alpha value is -2.10. The molecule has 1 atom stereocenters. The third kappa shape index (κ3) is 2.26. The van der Waals surface area contributed by atoms with E-state index in [2.05, 4.69) is 6.58 Å². The molecule has 0 saturated carbocycles. The molecule has 0 aromatic heterocycles. The second-order valence-electron chi connectivity index (χ2n) is 4.76. The molecule has 1 N–H and O–H groups in total. The molecule has 2 rings (SSSR count). The molecule has 100 valence electrons. The van der Waals surface area contributed by atoms with Gasteiger partial charge in [-0.05, 0) is 31.4 Å². The Morgan fingerprint density at radius 1 is 1.37 bits per heavy atom. The van der Waals surface area contributed by atoms with E-state index >= 15 is 0 Å². The van der Waals surface area contributed by atoms with Crippen molar-refractivity contribution < 1.29 is 14.7 Å². The summed E-state index contributed by atoms with van der Waals surface area (Å²) >= 11 is 0. The van der Waals surface area contributed by atoms with Crippen molar-refractivity contribution in [1.82, 2.24) is 4.90 Å². The number of aliphatic carboxylic acids is 1. The van der Waals surface area contributed by atoms with E-state index in [1.54, 1.807) is 30.3 Å². The minimum absolute atomic E-state index is 0.220. The van der Waals surface area contributed by atoms with Crippen LogP contribution in [0.5, 0.6) is 0 Å². The van der Waals surface area contributed by atoms with Crippen LogP contribution in [0, 0.1) is 0 Å². The monoisotopic (exact) mass is 259 g/mol. The summed E-state index contributed by atoms with van der Waals surface area (Å²) < 4.78 is 0. The summed E-state index contributed by atoms with van der Waals surface area (Å²) in [5, 5.41) is 9.52. The predicted octanol–water partition coefficient (Wildman–Crippen LogP) is 2.32. The molecule has 1 unspecified atom stereocenters. The van der Waals surface area contributed by atoms with Crippen LogP contribution in [-0.4, -0.2) is 34.0 Å². The molecule has 0 radical (unpaired) electrons. The second kappa shape index (κ2) is 5.26. The minimum Gasteiger partial charge on any atom is -0.479 e. The van der Waals surface area contributed by atoms with Gasteiger partial charge in [0.25, 0.3) is 5.91 Å². The first-order valence-corrected chi connectivity index (χ1v) is 6.33. The number of carboxylic acids is 1. The van der Waals surface area contributed by atoms with Crippen LogP contribution in [0.3, 0.4) is 0 Å². The van der Waals surface area contributed by atoms with E-state index in [9.17, 15) is 14.7 Å². The molecule has 1 heterocycles. The number of hydrogen-bond acceptors (Lipinski definition) is 2. The van der Waals surface area contributed by atoms with Gasteiger partial charge in [-0.15, -0.1) is 6.58 Å². The van der Waals surface area contributed by atoms with Crippen LogP contribution in [0.2, 0.25) is 0 Å². The lowest BCUT2D eigenvalue weighted by Crippen LogP contribution is -2.52. The number of likely N-dealkylation sites (tertiary alicyclic amines) is 1. The van der Waals surface area contributed by atoms with Crippen molar-refractivity contribution in [2.75, 3.05) is 6.54 Å². The van der Waals surface area contributed by atoms with Crippen molar-refractivity contribution in [3.63, 3.8) is 0 Å². The van der Waals surface area contributed by atoms with E-state index in [1.165, 1.54) is 4.90 Å². The number of amides is 1. The molecule has 1 aliphatic heterocycles. The van der Waals surface area contributed by atoms with Gasteiger partial charge in [0.1, 0.15) is 5.54 Å². The van der Waals surface area contributed by atoms with Crippen molar-refractivity contribution in [3.8, 4) is 0 Å². The smallest absolute Gasteiger partial charge is 0.329 e. The van der Waals surface area contributed by atoms with Crippen molar-refractivity contribution >= 4 is 11.9 Å². The Morgan fingerprint density at radius 2 is 2.05 bits per heavy atom. The molecule has 19 heavy (non-hydrogen) atoms. The Morgan fingerprint density at radius 3 is 2.63 bits per heavy atom. The third-order valence-corrected chi connectivity index (χ3v) is 3.63. The zero-order valence-corrected chi connectivity index (χ0v) is 10.7. The van der Waals surface area contributed by atoms with Crippen LogP contribution in [0.15, 0.2) is 43.0 Å². The first-order chi connectivity index (χ1) is 9.12. The number of carboxylic acid groups (broad SMARTS) is 1. The molecular weight excluding hydrogens is 242 g/mol. The van der Waals surface area contributed by atoms with E-state index in [-0.39, 0.29) is 12.3 Å². The summed E-state index contributed by atoms with van der Waals surface area (Å²) in [6, 6.07) is 8.80. The minimum atomic E-state index is -1.13. The lowest BCUT2D eigenvalue weighted by Gasteiger charge is -2.34. The van der Waals surface area contributed by atoms with E-state index < -0.39 is 11.5 Å². The van der Waals surface area contributed by atoms with Gasteiger partial charge in [0.2, 0.25) is 0 Å². The Bertz CT molecular complexity index is 497. The maximum absolute atomic E-state index is 12.5. The first kappa shape index (κ1) is 13.3. The highest BCUT2D eigenvalue weighted by Crippen LogP contribution is 2.34. The van der Waals surface area contributed by atoms with E-state index in [0.717, 1.165) is 0 Å². The molecule has 1 aromatic rings. The van der Waals surface area contributed by atoms with Gasteiger partial charge in [0.05, 0.1) is 0 Å². The number of carbonyl (C=O) groups excluding carboxylic acids is 1. The van der Waals surface area contributed by atoms with Gasteiger partial charge >= 0.3 is 5.97 Å². The fraction of sp³-hybridized carbons (Fsp3) is 0.333. The quantitative estimate of drug-likeness (QED) is 0.844. The molecular formula is C15H17NO3. The van der Waals surface area contributed by atoms with Crippen LogP contribution in [0.25, 0.3) is 0 Å². The van der Waals surface area contributed by atoms with Crippen LogP contribution in [0.1, 0.15) is 29.6 Å². The Labute approximate surface area is 112 Å². The molecule has 1 saturated heterocycles.